The van der Waals surface area contributed by atoms with Crippen LogP contribution in [0.1, 0.15) is 38.5 Å². The van der Waals surface area contributed by atoms with E-state index in [1.165, 1.54) is 23.7 Å². The van der Waals surface area contributed by atoms with E-state index >= 15 is 0 Å². The number of nitrogens with one attached hydrogen (secondary N) is 1. The number of unbranched alkanes of at least 4 members (excludes halogenated alkanes) is 3. The Labute approximate surface area is 226 Å². The van der Waals surface area contributed by atoms with Crippen LogP contribution in [0.3, 0.4) is 0 Å². The van der Waals surface area contributed by atoms with Crippen LogP contribution in [-0.2, 0) is 37.9 Å². The Bertz CT molecular complexity index is 406. The van der Waals surface area contributed by atoms with Crippen LogP contribution in [0.2, 0.25) is 0 Å². The molecule has 0 amide bonds. The van der Waals surface area contributed by atoms with Crippen molar-refractivity contribution in [1.82, 2.24) is 5.32 Å². The summed E-state index contributed by atoms with van der Waals surface area (Å²) in [6.07, 6.45) is 7.58. The quantitative estimate of drug-likeness (QED) is 0.0808. The lowest BCUT2D eigenvalue weighted by atomic mass is 10.1. The van der Waals surface area contributed by atoms with Crippen molar-refractivity contribution >= 4 is 22.6 Å². The van der Waals surface area contributed by atoms with Crippen LogP contribution in [0.4, 0.5) is 0 Å². The monoisotopic (exact) mass is 619 g/mol. The van der Waals surface area contributed by atoms with Gasteiger partial charge >= 0.3 is 0 Å². The molecule has 9 nitrogen and oxygen atoms in total. The van der Waals surface area contributed by atoms with E-state index in [-0.39, 0.29) is 0 Å². The van der Waals surface area contributed by atoms with Gasteiger partial charge in [0.2, 0.25) is 0 Å². The van der Waals surface area contributed by atoms with Crippen LogP contribution in [0.15, 0.2) is 0 Å². The van der Waals surface area contributed by atoms with Crippen molar-refractivity contribution in [2.75, 3.05) is 117 Å². The summed E-state index contributed by atoms with van der Waals surface area (Å²) in [6.45, 7) is 11.1. The third-order valence-corrected chi connectivity index (χ3v) is 6.03. The Balaban J connectivity index is 1.61. The zero-order chi connectivity index (χ0) is 24.9. The largest absolute Gasteiger partial charge is 0.379 e. The second kappa shape index (κ2) is 28.9. The first-order chi connectivity index (χ1) is 17.4. The van der Waals surface area contributed by atoms with Gasteiger partial charge in [-0.05, 0) is 43.2 Å². The third kappa shape index (κ3) is 25.8. The van der Waals surface area contributed by atoms with Crippen molar-refractivity contribution in [2.24, 2.45) is 0 Å². The van der Waals surface area contributed by atoms with Gasteiger partial charge in [-0.1, -0.05) is 35.4 Å². The number of piperidine rings is 1. The van der Waals surface area contributed by atoms with Gasteiger partial charge in [-0.2, -0.15) is 0 Å². The maximum Gasteiger partial charge on any atom is 0.0704 e. The average molecular weight is 620 g/mol. The van der Waals surface area contributed by atoms with Gasteiger partial charge in [0, 0.05) is 6.61 Å². The molecule has 0 aromatic carbocycles. The molecule has 0 spiro atoms. The molecule has 0 aromatic heterocycles. The molecule has 0 bridgehead atoms. The summed E-state index contributed by atoms with van der Waals surface area (Å²) >= 11 is 2.42. The fourth-order valence-corrected chi connectivity index (χ4v) is 3.85. The normalized spacial score (nSPS) is 14.7. The molecule has 0 aliphatic carbocycles. The molecule has 0 aromatic rings. The van der Waals surface area contributed by atoms with E-state index in [9.17, 15) is 0 Å². The Morgan fingerprint density at radius 3 is 1.26 bits per heavy atom. The molecule has 1 fully saturated rings. The van der Waals surface area contributed by atoms with Crippen LogP contribution in [0.5, 0.6) is 0 Å². The van der Waals surface area contributed by atoms with Gasteiger partial charge in [0.1, 0.15) is 0 Å². The van der Waals surface area contributed by atoms with Gasteiger partial charge in [0.15, 0.2) is 0 Å². The minimum atomic E-state index is 0.384. The summed E-state index contributed by atoms with van der Waals surface area (Å²) in [5.74, 6) is 0. The van der Waals surface area contributed by atoms with E-state index in [1.54, 1.807) is 0 Å². The molecule has 1 heterocycles. The number of halogens is 1. The topological polar surface area (TPSA) is 85.9 Å². The van der Waals surface area contributed by atoms with E-state index in [2.05, 4.69) is 27.9 Å². The van der Waals surface area contributed by atoms with E-state index in [0.717, 1.165) is 39.0 Å². The second-order valence-electron chi connectivity index (χ2n) is 8.21. The summed E-state index contributed by atoms with van der Waals surface area (Å²) in [5, 5.41) is 3.33. The SMILES string of the molecule is ICCCCCCOCCOCCOCCOCCOCCOCCOCCOC1CCNCC1. The Hall–Kier alpha value is 0.370. The molecule has 0 atom stereocenters. The highest BCUT2D eigenvalue weighted by atomic mass is 127. The number of ether oxygens (including phenoxy) is 8. The van der Waals surface area contributed by atoms with Crippen LogP contribution >= 0.6 is 22.6 Å². The maximum atomic E-state index is 5.78. The predicted molar refractivity (Wildman–Crippen MR) is 145 cm³/mol. The first-order valence-electron chi connectivity index (χ1n) is 13.4. The van der Waals surface area contributed by atoms with E-state index in [4.69, 9.17) is 37.9 Å². The summed E-state index contributed by atoms with van der Waals surface area (Å²) in [6, 6.07) is 0. The minimum Gasteiger partial charge on any atom is -0.379 e. The summed E-state index contributed by atoms with van der Waals surface area (Å²) < 4.78 is 45.5. The van der Waals surface area contributed by atoms with Gasteiger partial charge in [-0.3, -0.25) is 0 Å². The number of rotatable bonds is 28. The van der Waals surface area contributed by atoms with Gasteiger partial charge in [-0.25, -0.2) is 0 Å². The van der Waals surface area contributed by atoms with E-state index < -0.39 is 0 Å². The first kappa shape index (κ1) is 33.4. The fraction of sp³-hybridized carbons (Fsp3) is 1.00. The smallest absolute Gasteiger partial charge is 0.0704 e. The molecular formula is C25H50INO8. The second-order valence-corrected chi connectivity index (χ2v) is 9.29. The highest BCUT2D eigenvalue weighted by molar-refractivity contribution is 14.1. The summed E-state index contributed by atoms with van der Waals surface area (Å²) in [5.41, 5.74) is 0. The zero-order valence-electron chi connectivity index (χ0n) is 21.7. The van der Waals surface area contributed by atoms with Crippen molar-refractivity contribution in [3.05, 3.63) is 0 Å². The minimum absolute atomic E-state index is 0.384. The number of hydrogen-bond donors (Lipinski definition) is 1. The van der Waals surface area contributed by atoms with Crippen molar-refractivity contribution in [1.29, 1.82) is 0 Å². The summed E-state index contributed by atoms with van der Waals surface area (Å²) in [4.78, 5) is 0. The first-order valence-corrected chi connectivity index (χ1v) is 14.9. The Morgan fingerprint density at radius 1 is 0.457 bits per heavy atom. The van der Waals surface area contributed by atoms with Crippen LogP contribution in [0, 0.1) is 0 Å². The predicted octanol–water partition coefficient (Wildman–Crippen LogP) is 2.87. The standard InChI is InChI=1S/C25H50INO8/c26-7-3-1-2-4-10-28-11-12-29-13-14-30-15-16-31-17-18-32-19-20-33-21-22-34-23-24-35-25-5-8-27-9-6-25/h25,27H,1-24H2. The molecule has 1 rings (SSSR count). The molecule has 1 aliphatic rings. The number of alkyl halides is 1. The molecule has 1 saturated heterocycles. The number of hydrogen-bond acceptors (Lipinski definition) is 9. The van der Waals surface area contributed by atoms with Crippen LogP contribution in [-0.4, -0.2) is 123 Å². The Morgan fingerprint density at radius 2 is 0.829 bits per heavy atom. The van der Waals surface area contributed by atoms with Crippen LogP contribution < -0.4 is 5.32 Å². The lowest BCUT2D eigenvalue weighted by Gasteiger charge is -2.22. The van der Waals surface area contributed by atoms with Gasteiger partial charge in [0.05, 0.1) is 98.6 Å². The van der Waals surface area contributed by atoms with E-state index in [1.807, 2.05) is 0 Å². The molecule has 1 N–H and O–H groups in total. The van der Waals surface area contributed by atoms with Gasteiger partial charge in [-0.15, -0.1) is 0 Å². The molecular weight excluding hydrogens is 569 g/mol. The Kier molecular flexibility index (Phi) is 27.6. The van der Waals surface area contributed by atoms with Crippen LogP contribution in [0.25, 0.3) is 0 Å². The van der Waals surface area contributed by atoms with Crippen molar-refractivity contribution in [3.63, 3.8) is 0 Å². The van der Waals surface area contributed by atoms with Crippen molar-refractivity contribution in [3.8, 4) is 0 Å². The maximum absolute atomic E-state index is 5.78. The molecule has 0 saturated carbocycles. The van der Waals surface area contributed by atoms with Crippen molar-refractivity contribution in [2.45, 2.75) is 44.6 Å². The summed E-state index contributed by atoms with van der Waals surface area (Å²) in [7, 11) is 0. The molecule has 1 aliphatic heterocycles. The fourth-order valence-electron chi connectivity index (χ4n) is 3.31. The molecule has 35 heavy (non-hydrogen) atoms. The van der Waals surface area contributed by atoms with Gasteiger partial charge < -0.3 is 43.2 Å². The average Bonchev–Trinajstić information content (AvgIpc) is 2.89. The highest BCUT2D eigenvalue weighted by Crippen LogP contribution is 2.06. The molecule has 0 unspecified atom stereocenters. The molecule has 210 valence electrons. The third-order valence-electron chi connectivity index (χ3n) is 5.27. The molecule has 0 radical (unpaired) electrons. The van der Waals surface area contributed by atoms with Crippen molar-refractivity contribution < 1.29 is 37.9 Å². The zero-order valence-corrected chi connectivity index (χ0v) is 23.8. The lowest BCUT2D eigenvalue weighted by Crippen LogP contribution is -2.33. The van der Waals surface area contributed by atoms with E-state index in [0.29, 0.717) is 98.6 Å². The molecule has 10 heteroatoms. The lowest BCUT2D eigenvalue weighted by molar-refractivity contribution is -0.0313. The van der Waals surface area contributed by atoms with Gasteiger partial charge in [0.25, 0.3) is 0 Å². The highest BCUT2D eigenvalue weighted by Gasteiger charge is 2.12.